The molecule has 12 heteroatoms. The predicted octanol–water partition coefficient (Wildman–Crippen LogP) is 3.71. The molecule has 4 rings (SSSR count). The quantitative estimate of drug-likeness (QED) is 0.416. The van der Waals surface area contributed by atoms with Gasteiger partial charge in [0.05, 0.1) is 17.0 Å². The zero-order valence-corrected chi connectivity index (χ0v) is 18.0. The number of furan rings is 1. The van der Waals surface area contributed by atoms with Gasteiger partial charge in [0.1, 0.15) is 17.2 Å². The second-order valence-electron chi connectivity index (χ2n) is 7.31. The van der Waals surface area contributed by atoms with Crippen molar-refractivity contribution in [3.05, 3.63) is 83.2 Å². The normalized spacial score (nSPS) is 15.8. The summed E-state index contributed by atoms with van der Waals surface area (Å²) >= 11 is 0. The Morgan fingerprint density at radius 1 is 1.00 bits per heavy atom. The number of benzene rings is 2. The van der Waals surface area contributed by atoms with Gasteiger partial charge < -0.3 is 9.73 Å². The number of rotatable bonds is 5. The first-order valence-corrected chi connectivity index (χ1v) is 11.2. The van der Waals surface area contributed by atoms with Gasteiger partial charge in [0.2, 0.25) is 10.0 Å². The van der Waals surface area contributed by atoms with Gasteiger partial charge in [-0.15, -0.1) is 0 Å². The van der Waals surface area contributed by atoms with Gasteiger partial charge in [0, 0.05) is 11.6 Å². The number of halogens is 3. The third-order valence-corrected chi connectivity index (χ3v) is 5.92. The Kier molecular flexibility index (Phi) is 5.79. The zero-order chi connectivity index (χ0) is 24.7. The van der Waals surface area contributed by atoms with E-state index in [-0.39, 0.29) is 21.9 Å². The molecular formula is C22H16F3N3O5S. The van der Waals surface area contributed by atoms with E-state index in [4.69, 9.17) is 9.56 Å². The van der Waals surface area contributed by atoms with E-state index in [1.165, 1.54) is 54.6 Å². The van der Waals surface area contributed by atoms with Crippen molar-refractivity contribution in [2.75, 3.05) is 0 Å². The van der Waals surface area contributed by atoms with Crippen molar-refractivity contribution in [3.8, 4) is 11.3 Å². The molecule has 0 saturated carbocycles. The van der Waals surface area contributed by atoms with Crippen molar-refractivity contribution in [2.24, 2.45) is 5.14 Å². The van der Waals surface area contributed by atoms with E-state index >= 15 is 0 Å². The van der Waals surface area contributed by atoms with Crippen LogP contribution in [0, 0.1) is 0 Å². The third kappa shape index (κ3) is 4.72. The molecule has 176 valence electrons. The Morgan fingerprint density at radius 3 is 2.32 bits per heavy atom. The summed E-state index contributed by atoms with van der Waals surface area (Å²) in [6.07, 6.45) is -3.39. The standard InChI is InChI=1S/C22H16F3N3O5S/c23-22(24,25)17-4-2-1-3-14(17)12-28-20(29)18(27-21(28)30)11-15-7-10-19(33-15)13-5-8-16(9-6-13)34(26,31)32/h1-11H,12H2,(H,27,30)(H2,26,31,32). The molecule has 1 aromatic heterocycles. The minimum atomic E-state index is -4.63. The number of sulfonamides is 1. The zero-order valence-electron chi connectivity index (χ0n) is 17.2. The fraction of sp³-hybridized carbons (Fsp3) is 0.0909. The molecule has 3 amide bonds. The van der Waals surface area contributed by atoms with Crippen LogP contribution >= 0.6 is 0 Å². The lowest BCUT2D eigenvalue weighted by molar-refractivity contribution is -0.139. The van der Waals surface area contributed by atoms with Gasteiger partial charge in [-0.25, -0.2) is 18.4 Å². The number of hydrogen-bond donors (Lipinski definition) is 2. The maximum Gasteiger partial charge on any atom is 0.416 e. The predicted molar refractivity (Wildman–Crippen MR) is 114 cm³/mol. The lowest BCUT2D eigenvalue weighted by atomic mass is 10.1. The lowest BCUT2D eigenvalue weighted by Gasteiger charge is -2.16. The van der Waals surface area contributed by atoms with Crippen molar-refractivity contribution in [3.63, 3.8) is 0 Å². The van der Waals surface area contributed by atoms with Crippen LogP contribution in [0.5, 0.6) is 0 Å². The van der Waals surface area contributed by atoms with Crippen LogP contribution in [0.25, 0.3) is 17.4 Å². The van der Waals surface area contributed by atoms with Gasteiger partial charge in [-0.3, -0.25) is 9.69 Å². The minimum absolute atomic E-state index is 0.0726. The van der Waals surface area contributed by atoms with E-state index in [0.29, 0.717) is 16.2 Å². The fourth-order valence-electron chi connectivity index (χ4n) is 3.36. The number of carbonyl (C=O) groups excluding carboxylic acids is 2. The number of imide groups is 1. The van der Waals surface area contributed by atoms with Gasteiger partial charge in [0.25, 0.3) is 5.91 Å². The molecule has 0 bridgehead atoms. The van der Waals surface area contributed by atoms with Gasteiger partial charge in [-0.05, 0) is 48.0 Å². The van der Waals surface area contributed by atoms with Crippen LogP contribution in [-0.4, -0.2) is 25.3 Å². The third-order valence-electron chi connectivity index (χ3n) is 4.99. The average molecular weight is 491 g/mol. The summed E-state index contributed by atoms with van der Waals surface area (Å²) in [5, 5.41) is 7.40. The van der Waals surface area contributed by atoms with Gasteiger partial charge >= 0.3 is 12.2 Å². The second kappa shape index (κ2) is 8.47. The van der Waals surface area contributed by atoms with Gasteiger partial charge in [-0.2, -0.15) is 13.2 Å². The number of alkyl halides is 3. The Morgan fingerprint density at radius 2 is 1.68 bits per heavy atom. The van der Waals surface area contributed by atoms with Crippen LogP contribution in [0.1, 0.15) is 16.9 Å². The first kappa shape index (κ1) is 23.3. The highest BCUT2D eigenvalue weighted by molar-refractivity contribution is 7.89. The van der Waals surface area contributed by atoms with E-state index in [1.54, 1.807) is 6.07 Å². The monoisotopic (exact) mass is 491 g/mol. The van der Waals surface area contributed by atoms with Crippen LogP contribution in [0.4, 0.5) is 18.0 Å². The molecule has 34 heavy (non-hydrogen) atoms. The summed E-state index contributed by atoms with van der Waals surface area (Å²) in [6.45, 7) is -0.558. The number of hydrogen-bond acceptors (Lipinski definition) is 5. The molecule has 2 aromatic carbocycles. The lowest BCUT2D eigenvalue weighted by Crippen LogP contribution is -2.31. The van der Waals surface area contributed by atoms with Crippen LogP contribution < -0.4 is 10.5 Å². The Balaban J connectivity index is 1.54. The Labute approximate surface area is 191 Å². The SMILES string of the molecule is NS(=O)(=O)c1ccc(-c2ccc(C=C3NC(=O)N(Cc4ccccc4C(F)(F)F)C3=O)o2)cc1. The van der Waals surface area contributed by atoms with Crippen molar-refractivity contribution >= 4 is 28.0 Å². The van der Waals surface area contributed by atoms with Gasteiger partial charge in [0.15, 0.2) is 0 Å². The molecule has 1 aliphatic rings. The number of nitrogens with one attached hydrogen (secondary N) is 1. The van der Waals surface area contributed by atoms with Crippen LogP contribution in [-0.2, 0) is 27.5 Å². The highest BCUT2D eigenvalue weighted by Crippen LogP contribution is 2.33. The van der Waals surface area contributed by atoms with E-state index in [2.05, 4.69) is 5.32 Å². The average Bonchev–Trinajstić information content (AvgIpc) is 3.33. The molecule has 3 aromatic rings. The number of carbonyl (C=O) groups is 2. The maximum atomic E-state index is 13.2. The van der Waals surface area contributed by atoms with Crippen molar-refractivity contribution in [1.29, 1.82) is 0 Å². The highest BCUT2D eigenvalue weighted by atomic mass is 32.2. The van der Waals surface area contributed by atoms with Crippen LogP contribution in [0.3, 0.4) is 0 Å². The summed E-state index contributed by atoms with van der Waals surface area (Å²) in [7, 11) is -3.85. The summed E-state index contributed by atoms with van der Waals surface area (Å²) in [5.41, 5.74) is -0.788. The molecule has 0 atom stereocenters. The number of urea groups is 1. The van der Waals surface area contributed by atoms with Gasteiger partial charge in [-0.1, -0.05) is 18.2 Å². The highest BCUT2D eigenvalue weighted by Gasteiger charge is 2.37. The summed E-state index contributed by atoms with van der Waals surface area (Å²) in [4.78, 5) is 25.5. The molecule has 3 N–H and O–H groups in total. The van der Waals surface area contributed by atoms with E-state index in [1.807, 2.05) is 0 Å². The van der Waals surface area contributed by atoms with E-state index in [9.17, 15) is 31.2 Å². The Bertz CT molecular complexity index is 1410. The molecule has 0 spiro atoms. The molecule has 1 fully saturated rings. The molecular weight excluding hydrogens is 475 g/mol. The van der Waals surface area contributed by atoms with Crippen LogP contribution in [0.2, 0.25) is 0 Å². The summed E-state index contributed by atoms with van der Waals surface area (Å²) < 4.78 is 68.1. The molecule has 0 unspecified atom stereocenters. The summed E-state index contributed by atoms with van der Waals surface area (Å²) in [5.74, 6) is -0.273. The van der Waals surface area contributed by atoms with Crippen molar-refractivity contribution < 1.29 is 35.6 Å². The molecule has 8 nitrogen and oxygen atoms in total. The van der Waals surface area contributed by atoms with E-state index < -0.39 is 40.2 Å². The molecule has 0 radical (unpaired) electrons. The molecule has 0 aliphatic carbocycles. The molecule has 1 aliphatic heterocycles. The van der Waals surface area contributed by atoms with Crippen molar-refractivity contribution in [2.45, 2.75) is 17.6 Å². The number of amides is 3. The van der Waals surface area contributed by atoms with Crippen LogP contribution in [0.15, 0.2) is 75.7 Å². The number of nitrogens with two attached hydrogens (primary N) is 1. The van der Waals surface area contributed by atoms with Crippen molar-refractivity contribution in [1.82, 2.24) is 10.2 Å². The number of nitrogens with zero attached hydrogens (tertiary/aromatic N) is 1. The first-order valence-electron chi connectivity index (χ1n) is 9.66. The smallest absolute Gasteiger partial charge is 0.416 e. The second-order valence-corrected chi connectivity index (χ2v) is 8.87. The maximum absolute atomic E-state index is 13.2. The minimum Gasteiger partial charge on any atom is -0.457 e. The first-order chi connectivity index (χ1) is 15.9. The fourth-order valence-corrected chi connectivity index (χ4v) is 3.87. The largest absolute Gasteiger partial charge is 0.457 e. The summed E-state index contributed by atoms with van der Waals surface area (Å²) in [6, 6.07) is 12.5. The number of primary sulfonamides is 1. The Hall–Kier alpha value is -3.90. The molecule has 2 heterocycles. The topological polar surface area (TPSA) is 123 Å². The van der Waals surface area contributed by atoms with E-state index in [0.717, 1.165) is 6.07 Å². The molecule has 1 saturated heterocycles.